The quantitative estimate of drug-likeness (QED) is 0.684. The van der Waals surface area contributed by atoms with Crippen molar-refractivity contribution in [2.24, 2.45) is 17.9 Å². The zero-order valence-corrected chi connectivity index (χ0v) is 18.8. The van der Waals surface area contributed by atoms with Crippen LogP contribution in [0, 0.1) is 17.8 Å². The first kappa shape index (κ1) is 20.0. The molecule has 2 fully saturated rings. The van der Waals surface area contributed by atoms with Gasteiger partial charge in [-0.15, -0.1) is 0 Å². The Hall–Kier alpha value is -2.93. The molecule has 2 aliphatic rings. The maximum Gasteiger partial charge on any atom is 0.229 e. The van der Waals surface area contributed by atoms with Crippen molar-refractivity contribution >= 4 is 17.5 Å². The SMILES string of the molecule is Cc1cnc(Nc2cnn(C)c2)nc1N1C[C@]2(C)CN(Cc3ccccc3)C[C@]2(C)C1. The third-order valence-corrected chi connectivity index (χ3v) is 7.14. The normalized spacial score (nSPS) is 25.7. The Bertz CT molecular complexity index is 1060. The van der Waals surface area contributed by atoms with Gasteiger partial charge in [-0.05, 0) is 12.5 Å². The lowest BCUT2D eigenvalue weighted by Gasteiger charge is -2.30. The van der Waals surface area contributed by atoms with E-state index in [4.69, 9.17) is 4.98 Å². The van der Waals surface area contributed by atoms with Gasteiger partial charge in [-0.3, -0.25) is 9.58 Å². The Morgan fingerprint density at radius 2 is 1.71 bits per heavy atom. The summed E-state index contributed by atoms with van der Waals surface area (Å²) in [6.45, 7) is 12.3. The molecule has 7 nitrogen and oxygen atoms in total. The maximum atomic E-state index is 4.89. The van der Waals surface area contributed by atoms with Crippen LogP contribution in [0.3, 0.4) is 0 Å². The highest BCUT2D eigenvalue weighted by atomic mass is 15.3. The second-order valence-corrected chi connectivity index (χ2v) is 9.84. The van der Waals surface area contributed by atoms with Gasteiger partial charge in [0.25, 0.3) is 0 Å². The summed E-state index contributed by atoms with van der Waals surface area (Å²) >= 11 is 0. The van der Waals surface area contributed by atoms with Crippen LogP contribution in [0.25, 0.3) is 0 Å². The molecule has 31 heavy (non-hydrogen) atoms. The number of hydrogen-bond acceptors (Lipinski definition) is 6. The molecular formula is C24H31N7. The van der Waals surface area contributed by atoms with Gasteiger partial charge in [0.2, 0.25) is 5.95 Å². The molecule has 0 bridgehead atoms. The standard InChI is InChI=1S/C24H31N7/c1-18-10-25-22(27-20-11-26-29(4)13-20)28-21(18)31-16-23(2)14-30(15-24(23,3)17-31)12-19-8-6-5-7-9-19/h5-11,13H,12,14-17H2,1-4H3,(H,25,27,28)/t23-,24+. The highest BCUT2D eigenvalue weighted by Crippen LogP contribution is 2.52. The van der Waals surface area contributed by atoms with E-state index in [1.165, 1.54) is 5.56 Å². The number of anilines is 3. The number of nitrogens with zero attached hydrogens (tertiary/aromatic N) is 6. The van der Waals surface area contributed by atoms with E-state index in [1.54, 1.807) is 10.9 Å². The second-order valence-electron chi connectivity index (χ2n) is 9.84. The van der Waals surface area contributed by atoms with Crippen LogP contribution in [-0.4, -0.2) is 50.8 Å². The van der Waals surface area contributed by atoms with Crippen molar-refractivity contribution in [1.82, 2.24) is 24.6 Å². The molecule has 0 amide bonds. The molecule has 1 aromatic carbocycles. The van der Waals surface area contributed by atoms with Crippen molar-refractivity contribution in [3.63, 3.8) is 0 Å². The second kappa shape index (κ2) is 7.34. The molecule has 2 aliphatic heterocycles. The summed E-state index contributed by atoms with van der Waals surface area (Å²) in [7, 11) is 1.90. The van der Waals surface area contributed by atoms with E-state index in [0.717, 1.165) is 49.8 Å². The molecule has 3 aromatic rings. The van der Waals surface area contributed by atoms with Crippen molar-refractivity contribution < 1.29 is 0 Å². The van der Waals surface area contributed by atoms with E-state index in [1.807, 2.05) is 19.4 Å². The fourth-order valence-electron chi connectivity index (χ4n) is 5.34. The fraction of sp³-hybridized carbons (Fsp3) is 0.458. The minimum Gasteiger partial charge on any atom is -0.355 e. The molecular weight excluding hydrogens is 386 g/mol. The predicted molar refractivity (Wildman–Crippen MR) is 123 cm³/mol. The van der Waals surface area contributed by atoms with E-state index in [-0.39, 0.29) is 10.8 Å². The van der Waals surface area contributed by atoms with Crippen LogP contribution in [0.1, 0.15) is 25.0 Å². The maximum absolute atomic E-state index is 4.89. The topological polar surface area (TPSA) is 62.1 Å². The highest BCUT2D eigenvalue weighted by Gasteiger charge is 2.57. The smallest absolute Gasteiger partial charge is 0.229 e. The van der Waals surface area contributed by atoms with E-state index in [0.29, 0.717) is 5.95 Å². The third kappa shape index (κ3) is 3.67. The Labute approximate surface area is 184 Å². The molecule has 2 saturated heterocycles. The van der Waals surface area contributed by atoms with Crippen LogP contribution in [-0.2, 0) is 13.6 Å². The van der Waals surface area contributed by atoms with Crippen molar-refractivity contribution in [3.05, 3.63) is 60.0 Å². The zero-order chi connectivity index (χ0) is 21.6. The van der Waals surface area contributed by atoms with Gasteiger partial charge in [-0.2, -0.15) is 10.1 Å². The first-order valence-corrected chi connectivity index (χ1v) is 10.9. The summed E-state index contributed by atoms with van der Waals surface area (Å²) in [5, 5.41) is 7.49. The minimum atomic E-state index is 0.232. The van der Waals surface area contributed by atoms with Crippen LogP contribution >= 0.6 is 0 Å². The van der Waals surface area contributed by atoms with Crippen LogP contribution in [0.15, 0.2) is 48.9 Å². The molecule has 4 heterocycles. The molecule has 1 N–H and O–H groups in total. The van der Waals surface area contributed by atoms with Gasteiger partial charge >= 0.3 is 0 Å². The number of aromatic nitrogens is 4. The van der Waals surface area contributed by atoms with Crippen molar-refractivity contribution in [1.29, 1.82) is 0 Å². The average Bonchev–Trinajstić information content (AvgIpc) is 3.31. The van der Waals surface area contributed by atoms with E-state index in [2.05, 4.69) is 76.3 Å². The summed E-state index contributed by atoms with van der Waals surface area (Å²) in [4.78, 5) is 14.5. The Kier molecular flexibility index (Phi) is 4.73. The van der Waals surface area contributed by atoms with Gasteiger partial charge in [0, 0.05) is 68.6 Å². The molecule has 0 spiro atoms. The third-order valence-electron chi connectivity index (χ3n) is 7.14. The first-order chi connectivity index (χ1) is 14.8. The van der Waals surface area contributed by atoms with Crippen molar-refractivity contribution in [3.8, 4) is 0 Å². The van der Waals surface area contributed by atoms with Gasteiger partial charge in [0.05, 0.1) is 11.9 Å². The monoisotopic (exact) mass is 417 g/mol. The van der Waals surface area contributed by atoms with E-state index >= 15 is 0 Å². The Morgan fingerprint density at radius 1 is 1.00 bits per heavy atom. The van der Waals surface area contributed by atoms with Crippen molar-refractivity contribution in [2.45, 2.75) is 27.3 Å². The van der Waals surface area contributed by atoms with Crippen LogP contribution < -0.4 is 10.2 Å². The Balaban J connectivity index is 1.33. The minimum absolute atomic E-state index is 0.232. The molecule has 0 aliphatic carbocycles. The van der Waals surface area contributed by atoms with Gasteiger partial charge < -0.3 is 10.2 Å². The fourth-order valence-corrected chi connectivity index (χ4v) is 5.34. The molecule has 2 aromatic heterocycles. The largest absolute Gasteiger partial charge is 0.355 e. The molecule has 0 radical (unpaired) electrons. The summed E-state index contributed by atoms with van der Waals surface area (Å²) in [5.41, 5.74) is 3.87. The molecule has 162 valence electrons. The number of hydrogen-bond donors (Lipinski definition) is 1. The lowest BCUT2D eigenvalue weighted by atomic mass is 9.71. The molecule has 0 unspecified atom stereocenters. The molecule has 0 saturated carbocycles. The number of fused-ring (bicyclic) bond motifs is 1. The highest BCUT2D eigenvalue weighted by molar-refractivity contribution is 5.56. The summed E-state index contributed by atoms with van der Waals surface area (Å²) in [6, 6.07) is 10.8. The summed E-state index contributed by atoms with van der Waals surface area (Å²) in [6.07, 6.45) is 5.63. The predicted octanol–water partition coefficient (Wildman–Crippen LogP) is 3.61. The number of likely N-dealkylation sites (tertiary alicyclic amines) is 1. The van der Waals surface area contributed by atoms with Gasteiger partial charge in [0.1, 0.15) is 5.82 Å². The van der Waals surface area contributed by atoms with Gasteiger partial charge in [0.15, 0.2) is 0 Å². The first-order valence-electron chi connectivity index (χ1n) is 10.9. The van der Waals surface area contributed by atoms with Crippen LogP contribution in [0.4, 0.5) is 17.5 Å². The number of rotatable bonds is 5. The van der Waals surface area contributed by atoms with Crippen LogP contribution in [0.2, 0.25) is 0 Å². The zero-order valence-electron chi connectivity index (χ0n) is 18.8. The number of benzene rings is 1. The summed E-state index contributed by atoms with van der Waals surface area (Å²) < 4.78 is 1.77. The molecule has 5 rings (SSSR count). The average molecular weight is 418 g/mol. The molecule has 2 atom stereocenters. The number of aryl methyl sites for hydroxylation is 2. The van der Waals surface area contributed by atoms with Crippen LogP contribution in [0.5, 0.6) is 0 Å². The Morgan fingerprint density at radius 3 is 2.35 bits per heavy atom. The summed E-state index contributed by atoms with van der Waals surface area (Å²) in [5.74, 6) is 1.65. The molecule has 7 heteroatoms. The lowest BCUT2D eigenvalue weighted by Crippen LogP contribution is -2.34. The van der Waals surface area contributed by atoms with Crippen molar-refractivity contribution in [2.75, 3.05) is 36.4 Å². The van der Waals surface area contributed by atoms with Gasteiger partial charge in [-0.1, -0.05) is 44.2 Å². The van der Waals surface area contributed by atoms with E-state index < -0.39 is 0 Å². The van der Waals surface area contributed by atoms with E-state index in [9.17, 15) is 0 Å². The lowest BCUT2D eigenvalue weighted by molar-refractivity contribution is 0.212. The number of nitrogens with one attached hydrogen (secondary N) is 1. The van der Waals surface area contributed by atoms with Gasteiger partial charge in [-0.25, -0.2) is 4.98 Å².